The molecule has 0 fully saturated rings. The van der Waals surface area contributed by atoms with Crippen molar-refractivity contribution in [1.29, 1.82) is 0 Å². The Labute approximate surface area is 192 Å². The summed E-state index contributed by atoms with van der Waals surface area (Å²) in [5.74, 6) is 2.50. The lowest BCUT2D eigenvalue weighted by atomic mass is 10.0. The summed E-state index contributed by atoms with van der Waals surface area (Å²) in [5, 5.41) is 3.48. The summed E-state index contributed by atoms with van der Waals surface area (Å²) in [6.45, 7) is 0. The van der Waals surface area contributed by atoms with E-state index >= 15 is 0 Å². The third-order valence-electron chi connectivity index (χ3n) is 5.60. The third-order valence-corrected chi connectivity index (χ3v) is 5.60. The van der Waals surface area contributed by atoms with Crippen LogP contribution in [0.4, 0.5) is 11.4 Å². The molecule has 172 valence electrons. The van der Waals surface area contributed by atoms with Crippen molar-refractivity contribution in [3.05, 3.63) is 65.7 Å². The van der Waals surface area contributed by atoms with Crippen LogP contribution in [0.25, 0.3) is 0 Å². The fourth-order valence-corrected chi connectivity index (χ4v) is 3.97. The molecular weight excluding hydrogens is 424 g/mol. The highest BCUT2D eigenvalue weighted by Crippen LogP contribution is 2.46. The molecule has 0 radical (unpaired) electrons. The summed E-state index contributed by atoms with van der Waals surface area (Å²) >= 11 is 0. The van der Waals surface area contributed by atoms with Crippen LogP contribution in [0.3, 0.4) is 0 Å². The maximum absolute atomic E-state index is 13.8. The number of ether oxygens (including phenoxy) is 5. The Morgan fingerprint density at radius 1 is 0.727 bits per heavy atom. The number of anilines is 2. The van der Waals surface area contributed by atoms with E-state index in [4.69, 9.17) is 23.7 Å². The van der Waals surface area contributed by atoms with Gasteiger partial charge in [-0.3, -0.25) is 9.69 Å². The van der Waals surface area contributed by atoms with Gasteiger partial charge >= 0.3 is 0 Å². The number of carbonyl (C=O) groups excluding carboxylic acids is 1. The maximum Gasteiger partial charge on any atom is 0.262 e. The lowest BCUT2D eigenvalue weighted by Crippen LogP contribution is -2.43. The first kappa shape index (κ1) is 22.1. The quantitative estimate of drug-likeness (QED) is 0.568. The number of hydrogen-bond acceptors (Lipinski definition) is 7. The molecule has 0 spiro atoms. The van der Waals surface area contributed by atoms with Crippen molar-refractivity contribution in [1.82, 2.24) is 0 Å². The largest absolute Gasteiger partial charge is 0.497 e. The number of nitrogens with zero attached hydrogens (tertiary/aromatic N) is 1. The van der Waals surface area contributed by atoms with E-state index in [0.29, 0.717) is 51.2 Å². The molecule has 3 aromatic carbocycles. The molecule has 0 bridgehead atoms. The summed E-state index contributed by atoms with van der Waals surface area (Å²) in [5.41, 5.74) is 2.53. The number of methoxy groups -OCH3 is 5. The number of rotatable bonds is 7. The summed E-state index contributed by atoms with van der Waals surface area (Å²) in [6.07, 6.45) is -0.621. The summed E-state index contributed by atoms with van der Waals surface area (Å²) in [4.78, 5) is 15.4. The van der Waals surface area contributed by atoms with Crippen LogP contribution in [-0.4, -0.2) is 41.5 Å². The van der Waals surface area contributed by atoms with Crippen molar-refractivity contribution in [2.24, 2.45) is 0 Å². The lowest BCUT2D eigenvalue weighted by Gasteiger charge is -2.39. The minimum Gasteiger partial charge on any atom is -0.497 e. The van der Waals surface area contributed by atoms with Gasteiger partial charge in [0.2, 0.25) is 0 Å². The van der Waals surface area contributed by atoms with Crippen LogP contribution in [0.1, 0.15) is 22.1 Å². The molecule has 0 saturated heterocycles. The first-order valence-corrected chi connectivity index (χ1v) is 10.3. The molecule has 8 nitrogen and oxygen atoms in total. The first-order chi connectivity index (χ1) is 16.1. The Morgan fingerprint density at radius 3 is 2.06 bits per heavy atom. The van der Waals surface area contributed by atoms with Gasteiger partial charge < -0.3 is 29.0 Å². The van der Waals surface area contributed by atoms with Crippen molar-refractivity contribution in [2.75, 3.05) is 45.8 Å². The molecule has 1 atom stereocenters. The average Bonchev–Trinajstić information content (AvgIpc) is 2.87. The van der Waals surface area contributed by atoms with E-state index in [1.807, 2.05) is 18.2 Å². The molecule has 1 N–H and O–H groups in total. The second-order valence-corrected chi connectivity index (χ2v) is 7.25. The van der Waals surface area contributed by atoms with E-state index in [-0.39, 0.29) is 5.91 Å². The number of amides is 1. The van der Waals surface area contributed by atoms with Crippen LogP contribution >= 0.6 is 0 Å². The van der Waals surface area contributed by atoms with E-state index < -0.39 is 6.17 Å². The molecule has 1 amide bonds. The first-order valence-electron chi connectivity index (χ1n) is 10.3. The number of hydrogen-bond donors (Lipinski definition) is 1. The number of nitrogens with one attached hydrogen (secondary N) is 1. The van der Waals surface area contributed by atoms with Gasteiger partial charge in [0.15, 0.2) is 11.5 Å². The molecule has 1 heterocycles. The SMILES string of the molecule is COc1ccc(N2C(=O)c3ccccc3NC2c2cc(OC)c(OC)cc2OC)c(OC)c1. The maximum atomic E-state index is 13.8. The molecule has 33 heavy (non-hydrogen) atoms. The van der Waals surface area contributed by atoms with Crippen LogP contribution in [-0.2, 0) is 0 Å². The molecule has 1 unspecified atom stereocenters. The van der Waals surface area contributed by atoms with Crippen LogP contribution in [0.5, 0.6) is 28.7 Å². The highest BCUT2D eigenvalue weighted by Gasteiger charge is 2.37. The molecule has 0 aromatic heterocycles. The van der Waals surface area contributed by atoms with Crippen molar-refractivity contribution >= 4 is 17.3 Å². The predicted molar refractivity (Wildman–Crippen MR) is 125 cm³/mol. The number of benzene rings is 3. The fourth-order valence-electron chi connectivity index (χ4n) is 3.97. The smallest absolute Gasteiger partial charge is 0.262 e. The van der Waals surface area contributed by atoms with E-state index in [1.165, 1.54) is 0 Å². The number of para-hydroxylation sites is 1. The standard InChI is InChI=1S/C25H26N2O6/c1-29-15-10-11-19(21(12-15)31-3)27-24(26-18-9-7-6-8-16(18)25(27)28)17-13-22(32-4)23(33-5)14-20(17)30-2/h6-14,24,26H,1-5H3. The molecule has 3 aromatic rings. The topological polar surface area (TPSA) is 78.5 Å². The van der Waals surface area contributed by atoms with Crippen LogP contribution < -0.4 is 33.9 Å². The van der Waals surface area contributed by atoms with E-state index in [1.54, 1.807) is 76.8 Å². The van der Waals surface area contributed by atoms with Gasteiger partial charge in [-0.2, -0.15) is 0 Å². The molecule has 0 aliphatic carbocycles. The Balaban J connectivity index is 1.95. The monoisotopic (exact) mass is 450 g/mol. The van der Waals surface area contributed by atoms with Gasteiger partial charge in [-0.1, -0.05) is 12.1 Å². The van der Waals surface area contributed by atoms with Gasteiger partial charge in [-0.15, -0.1) is 0 Å². The zero-order valence-electron chi connectivity index (χ0n) is 19.2. The van der Waals surface area contributed by atoms with Crippen LogP contribution in [0, 0.1) is 0 Å². The highest BCUT2D eigenvalue weighted by molar-refractivity contribution is 6.12. The zero-order valence-corrected chi connectivity index (χ0v) is 19.2. The van der Waals surface area contributed by atoms with Gasteiger partial charge in [-0.05, 0) is 30.3 Å². The van der Waals surface area contributed by atoms with E-state index in [2.05, 4.69) is 5.32 Å². The Morgan fingerprint density at radius 2 is 1.39 bits per heavy atom. The van der Waals surface area contributed by atoms with Crippen molar-refractivity contribution in [3.8, 4) is 28.7 Å². The van der Waals surface area contributed by atoms with Crippen LogP contribution in [0.2, 0.25) is 0 Å². The second kappa shape index (κ2) is 9.20. The summed E-state index contributed by atoms with van der Waals surface area (Å²) in [6, 6.07) is 16.2. The van der Waals surface area contributed by atoms with E-state index in [0.717, 1.165) is 0 Å². The van der Waals surface area contributed by atoms with Gasteiger partial charge in [-0.25, -0.2) is 0 Å². The van der Waals surface area contributed by atoms with E-state index in [9.17, 15) is 4.79 Å². The zero-order chi connectivity index (χ0) is 23.5. The van der Waals surface area contributed by atoms with Crippen molar-refractivity contribution < 1.29 is 28.5 Å². The van der Waals surface area contributed by atoms with Crippen LogP contribution in [0.15, 0.2) is 54.6 Å². The fraction of sp³-hybridized carbons (Fsp3) is 0.240. The Hall–Kier alpha value is -4.07. The van der Waals surface area contributed by atoms with Gasteiger partial charge in [0, 0.05) is 23.4 Å². The molecule has 4 rings (SSSR count). The summed E-state index contributed by atoms with van der Waals surface area (Å²) < 4.78 is 27.6. The predicted octanol–water partition coefficient (Wildman–Crippen LogP) is 4.50. The van der Waals surface area contributed by atoms with Gasteiger partial charge in [0.25, 0.3) is 5.91 Å². The number of fused-ring (bicyclic) bond motifs is 1. The number of carbonyl (C=O) groups is 1. The van der Waals surface area contributed by atoms with Gasteiger partial charge in [0.1, 0.15) is 23.4 Å². The van der Waals surface area contributed by atoms with Crippen molar-refractivity contribution in [3.63, 3.8) is 0 Å². The molecular formula is C25H26N2O6. The molecule has 0 saturated carbocycles. The Bertz CT molecular complexity index is 1180. The van der Waals surface area contributed by atoms with Crippen molar-refractivity contribution in [2.45, 2.75) is 6.17 Å². The third kappa shape index (κ3) is 3.84. The molecule has 1 aliphatic rings. The normalized spacial score (nSPS) is 14.8. The molecule has 8 heteroatoms. The lowest BCUT2D eigenvalue weighted by molar-refractivity contribution is 0.0973. The minimum atomic E-state index is -0.621. The Kier molecular flexibility index (Phi) is 6.17. The minimum absolute atomic E-state index is 0.186. The summed E-state index contributed by atoms with van der Waals surface area (Å²) in [7, 11) is 7.83. The molecule has 1 aliphatic heterocycles. The van der Waals surface area contributed by atoms with Gasteiger partial charge in [0.05, 0.1) is 46.8 Å². The highest BCUT2D eigenvalue weighted by atomic mass is 16.5. The second-order valence-electron chi connectivity index (χ2n) is 7.25. The average molecular weight is 450 g/mol.